The number of benzene rings is 1. The van der Waals surface area contributed by atoms with Crippen LogP contribution in [-0.2, 0) is 0 Å². The number of amidine groups is 1. The zero-order chi connectivity index (χ0) is 16.4. The fraction of sp³-hybridized carbons (Fsp3) is 0.333. The summed E-state index contributed by atoms with van der Waals surface area (Å²) in [5, 5.41) is 12.7. The fourth-order valence-electron chi connectivity index (χ4n) is 2.48. The minimum atomic E-state index is 0.404. The summed E-state index contributed by atoms with van der Waals surface area (Å²) in [5.41, 5.74) is 2.01. The van der Waals surface area contributed by atoms with Gasteiger partial charge < -0.3 is 14.8 Å². The van der Waals surface area contributed by atoms with Gasteiger partial charge in [0.2, 0.25) is 5.88 Å². The van der Waals surface area contributed by atoms with Crippen LogP contribution in [0.15, 0.2) is 47.8 Å². The van der Waals surface area contributed by atoms with Gasteiger partial charge in [0, 0.05) is 30.4 Å². The molecule has 5 nitrogen and oxygen atoms in total. The van der Waals surface area contributed by atoms with E-state index in [2.05, 4.69) is 37.0 Å². The number of hydrogen-bond acceptors (Lipinski definition) is 4. The van der Waals surface area contributed by atoms with E-state index in [1.807, 2.05) is 29.2 Å². The van der Waals surface area contributed by atoms with Crippen molar-refractivity contribution in [2.45, 2.75) is 32.7 Å². The number of hydrogen-bond donors (Lipinski definition) is 1. The predicted octanol–water partition coefficient (Wildman–Crippen LogP) is 3.84. The molecule has 0 saturated carbocycles. The van der Waals surface area contributed by atoms with Gasteiger partial charge in [-0.2, -0.15) is 0 Å². The van der Waals surface area contributed by atoms with Gasteiger partial charge in [0.15, 0.2) is 5.84 Å². The van der Waals surface area contributed by atoms with Crippen molar-refractivity contribution < 1.29 is 9.94 Å². The SMILES string of the molecule is CC(C)c1cccc(Oc2cc(/C(=N/O)N3CC3C)ccn2)c1. The van der Waals surface area contributed by atoms with Crippen molar-refractivity contribution in [2.24, 2.45) is 5.16 Å². The Morgan fingerprint density at radius 2 is 2.13 bits per heavy atom. The lowest BCUT2D eigenvalue weighted by molar-refractivity contribution is 0.313. The molecule has 0 spiro atoms. The monoisotopic (exact) mass is 311 g/mol. The number of rotatable bonds is 4. The lowest BCUT2D eigenvalue weighted by Gasteiger charge is -2.11. The van der Waals surface area contributed by atoms with E-state index in [0.717, 1.165) is 17.9 Å². The molecule has 120 valence electrons. The van der Waals surface area contributed by atoms with Crippen molar-refractivity contribution in [1.29, 1.82) is 0 Å². The first-order valence-electron chi connectivity index (χ1n) is 7.81. The molecule has 1 saturated heterocycles. The summed E-state index contributed by atoms with van der Waals surface area (Å²) < 4.78 is 5.87. The zero-order valence-corrected chi connectivity index (χ0v) is 13.6. The molecule has 3 rings (SSSR count). The molecule has 1 aromatic heterocycles. The van der Waals surface area contributed by atoms with E-state index in [1.165, 1.54) is 5.56 Å². The van der Waals surface area contributed by atoms with Crippen molar-refractivity contribution in [1.82, 2.24) is 9.88 Å². The number of nitrogens with zero attached hydrogens (tertiary/aromatic N) is 3. The van der Waals surface area contributed by atoms with Gasteiger partial charge in [0.05, 0.1) is 0 Å². The molecule has 1 aliphatic rings. The van der Waals surface area contributed by atoms with Crippen LogP contribution in [0.2, 0.25) is 0 Å². The molecule has 0 radical (unpaired) electrons. The van der Waals surface area contributed by atoms with E-state index in [4.69, 9.17) is 4.74 Å². The highest BCUT2D eigenvalue weighted by Crippen LogP contribution is 2.26. The third-order valence-corrected chi connectivity index (χ3v) is 3.97. The van der Waals surface area contributed by atoms with E-state index in [0.29, 0.717) is 23.7 Å². The number of oxime groups is 1. The summed E-state index contributed by atoms with van der Waals surface area (Å²) in [7, 11) is 0. The highest BCUT2D eigenvalue weighted by Gasteiger charge is 2.33. The second-order valence-electron chi connectivity index (χ2n) is 6.14. The molecular formula is C18H21N3O2. The molecule has 0 amide bonds. The molecule has 0 bridgehead atoms. The minimum Gasteiger partial charge on any atom is -0.439 e. The second-order valence-corrected chi connectivity index (χ2v) is 6.14. The van der Waals surface area contributed by atoms with Gasteiger partial charge in [0.1, 0.15) is 5.75 Å². The molecule has 2 aromatic rings. The molecule has 5 heteroatoms. The number of aromatic nitrogens is 1. The highest BCUT2D eigenvalue weighted by atomic mass is 16.5. The Balaban J connectivity index is 1.81. The van der Waals surface area contributed by atoms with Gasteiger partial charge in [-0.05, 0) is 36.6 Å². The Kier molecular flexibility index (Phi) is 4.19. The quantitative estimate of drug-likeness (QED) is 0.306. The number of ether oxygens (including phenoxy) is 1. The van der Waals surface area contributed by atoms with Crippen molar-refractivity contribution in [2.75, 3.05) is 6.54 Å². The summed E-state index contributed by atoms with van der Waals surface area (Å²) in [6.07, 6.45) is 1.66. The summed E-state index contributed by atoms with van der Waals surface area (Å²) in [6, 6.07) is 12.0. The van der Waals surface area contributed by atoms with E-state index in [9.17, 15) is 5.21 Å². The summed E-state index contributed by atoms with van der Waals surface area (Å²) in [5.74, 6) is 2.23. The van der Waals surface area contributed by atoms with E-state index in [1.54, 1.807) is 12.3 Å². The van der Waals surface area contributed by atoms with Crippen molar-refractivity contribution in [3.05, 3.63) is 53.7 Å². The van der Waals surface area contributed by atoms with Gasteiger partial charge in [-0.1, -0.05) is 31.1 Å². The van der Waals surface area contributed by atoms with Gasteiger partial charge >= 0.3 is 0 Å². The van der Waals surface area contributed by atoms with Crippen molar-refractivity contribution >= 4 is 5.84 Å². The average molecular weight is 311 g/mol. The van der Waals surface area contributed by atoms with Gasteiger partial charge in [-0.3, -0.25) is 0 Å². The Morgan fingerprint density at radius 1 is 1.35 bits per heavy atom. The minimum absolute atomic E-state index is 0.404. The molecule has 0 aliphatic carbocycles. The highest BCUT2D eigenvalue weighted by molar-refractivity contribution is 6.00. The van der Waals surface area contributed by atoms with Gasteiger partial charge in [-0.15, -0.1) is 0 Å². The molecule has 1 unspecified atom stereocenters. The van der Waals surface area contributed by atoms with E-state index < -0.39 is 0 Å². The van der Waals surface area contributed by atoms with Crippen LogP contribution in [0.1, 0.15) is 37.8 Å². The summed E-state index contributed by atoms with van der Waals surface area (Å²) in [6.45, 7) is 7.27. The topological polar surface area (TPSA) is 57.7 Å². The smallest absolute Gasteiger partial charge is 0.219 e. The second kappa shape index (κ2) is 6.28. The maximum absolute atomic E-state index is 9.27. The number of pyridine rings is 1. The molecule has 1 fully saturated rings. The Morgan fingerprint density at radius 3 is 2.78 bits per heavy atom. The first-order chi connectivity index (χ1) is 11.1. The molecule has 23 heavy (non-hydrogen) atoms. The van der Waals surface area contributed by atoms with Crippen LogP contribution >= 0.6 is 0 Å². The van der Waals surface area contributed by atoms with Crippen LogP contribution in [0.25, 0.3) is 0 Å². The fourth-order valence-corrected chi connectivity index (χ4v) is 2.48. The van der Waals surface area contributed by atoms with Crippen LogP contribution in [0.5, 0.6) is 11.6 Å². The van der Waals surface area contributed by atoms with Crippen molar-refractivity contribution in [3.8, 4) is 11.6 Å². The molecule has 1 atom stereocenters. The molecule has 1 N–H and O–H groups in total. The molecular weight excluding hydrogens is 290 g/mol. The zero-order valence-electron chi connectivity index (χ0n) is 13.6. The van der Waals surface area contributed by atoms with E-state index in [-0.39, 0.29) is 0 Å². The largest absolute Gasteiger partial charge is 0.439 e. The molecule has 2 heterocycles. The lowest BCUT2D eigenvalue weighted by Crippen LogP contribution is -2.14. The standard InChI is InChI=1S/C18H21N3O2/c1-12(2)14-5-4-6-16(9-14)23-17-10-15(7-8-19-17)18(20-22)21-11-13(21)3/h4-10,12-13,22H,11H2,1-3H3/b20-18-. The normalized spacial score (nSPS) is 17.5. The Labute approximate surface area is 136 Å². The van der Waals surface area contributed by atoms with Gasteiger partial charge in [0.25, 0.3) is 0 Å². The maximum atomic E-state index is 9.27. The molecule has 1 aromatic carbocycles. The first-order valence-corrected chi connectivity index (χ1v) is 7.81. The third kappa shape index (κ3) is 3.44. The third-order valence-electron chi connectivity index (χ3n) is 3.97. The average Bonchev–Trinajstić information content (AvgIpc) is 3.25. The van der Waals surface area contributed by atoms with Crippen LogP contribution in [0, 0.1) is 0 Å². The summed E-state index contributed by atoms with van der Waals surface area (Å²) in [4.78, 5) is 6.26. The van der Waals surface area contributed by atoms with Crippen LogP contribution in [0.3, 0.4) is 0 Å². The predicted molar refractivity (Wildman–Crippen MR) is 89.3 cm³/mol. The van der Waals surface area contributed by atoms with Crippen LogP contribution in [0.4, 0.5) is 0 Å². The Bertz CT molecular complexity index is 728. The Hall–Kier alpha value is -2.56. The lowest BCUT2D eigenvalue weighted by atomic mass is 10.0. The maximum Gasteiger partial charge on any atom is 0.219 e. The van der Waals surface area contributed by atoms with Crippen LogP contribution < -0.4 is 4.74 Å². The van der Waals surface area contributed by atoms with Crippen LogP contribution in [-0.4, -0.2) is 33.5 Å². The molecule has 1 aliphatic heterocycles. The first kappa shape index (κ1) is 15.3. The van der Waals surface area contributed by atoms with E-state index >= 15 is 0 Å². The van der Waals surface area contributed by atoms with Crippen molar-refractivity contribution in [3.63, 3.8) is 0 Å². The summed E-state index contributed by atoms with van der Waals surface area (Å²) >= 11 is 0. The van der Waals surface area contributed by atoms with Gasteiger partial charge in [-0.25, -0.2) is 4.98 Å².